The molecular weight excluding hydrogens is 342 g/mol. The SMILES string of the molecule is NC(c1ccccc1)(c1ccc(C2CCOC(O)C2)cc1)S(=O)(=O)O. The van der Waals surface area contributed by atoms with Crippen LogP contribution >= 0.6 is 0 Å². The molecule has 0 saturated carbocycles. The molecular formula is C18H21NO5S. The van der Waals surface area contributed by atoms with Crippen LogP contribution in [0.25, 0.3) is 0 Å². The van der Waals surface area contributed by atoms with Gasteiger partial charge >= 0.3 is 0 Å². The Morgan fingerprint density at radius 1 is 1.04 bits per heavy atom. The second kappa shape index (κ2) is 6.86. The summed E-state index contributed by atoms with van der Waals surface area (Å²) >= 11 is 0. The highest BCUT2D eigenvalue weighted by atomic mass is 32.2. The molecule has 0 aromatic heterocycles. The Balaban J connectivity index is 1.98. The van der Waals surface area contributed by atoms with E-state index in [1.165, 1.54) is 0 Å². The zero-order valence-electron chi connectivity index (χ0n) is 13.6. The fourth-order valence-electron chi connectivity index (χ4n) is 3.23. The zero-order chi connectivity index (χ0) is 18.1. The van der Waals surface area contributed by atoms with Crippen LogP contribution in [-0.4, -0.2) is 31.0 Å². The number of aliphatic hydroxyl groups is 1. The minimum absolute atomic E-state index is 0.132. The van der Waals surface area contributed by atoms with Crippen LogP contribution in [-0.2, 0) is 19.7 Å². The second-order valence-corrected chi connectivity index (χ2v) is 7.84. The summed E-state index contributed by atoms with van der Waals surface area (Å²) in [5.74, 6) is 0.132. The van der Waals surface area contributed by atoms with Crippen molar-refractivity contribution < 1.29 is 22.8 Å². The Morgan fingerprint density at radius 2 is 1.64 bits per heavy atom. The van der Waals surface area contributed by atoms with Crippen LogP contribution in [0.1, 0.15) is 35.4 Å². The van der Waals surface area contributed by atoms with Crippen LogP contribution in [0, 0.1) is 0 Å². The zero-order valence-corrected chi connectivity index (χ0v) is 14.4. The maximum Gasteiger partial charge on any atom is 0.292 e. The predicted molar refractivity (Wildman–Crippen MR) is 93.3 cm³/mol. The van der Waals surface area contributed by atoms with Crippen LogP contribution in [0.4, 0.5) is 0 Å². The molecule has 3 rings (SSSR count). The number of benzene rings is 2. The van der Waals surface area contributed by atoms with Crippen molar-refractivity contribution in [3.63, 3.8) is 0 Å². The van der Waals surface area contributed by atoms with Gasteiger partial charge in [0.05, 0.1) is 6.61 Å². The molecule has 7 heteroatoms. The smallest absolute Gasteiger partial charge is 0.292 e. The van der Waals surface area contributed by atoms with E-state index in [1.54, 1.807) is 54.6 Å². The Bertz CT molecular complexity index is 822. The minimum atomic E-state index is -4.60. The average molecular weight is 363 g/mol. The molecule has 0 amide bonds. The lowest BCUT2D eigenvalue weighted by atomic mass is 9.89. The van der Waals surface area contributed by atoms with Crippen LogP contribution in [0.15, 0.2) is 54.6 Å². The summed E-state index contributed by atoms with van der Waals surface area (Å²) in [4.78, 5) is -2.04. The highest BCUT2D eigenvalue weighted by Crippen LogP contribution is 2.34. The maximum atomic E-state index is 12.1. The molecule has 0 aliphatic carbocycles. The molecule has 1 aliphatic rings. The second-order valence-electron chi connectivity index (χ2n) is 6.25. The molecule has 0 bridgehead atoms. The molecule has 1 fully saturated rings. The van der Waals surface area contributed by atoms with E-state index in [0.29, 0.717) is 13.0 Å². The Hall–Kier alpha value is -1.77. The van der Waals surface area contributed by atoms with Gasteiger partial charge in [-0.15, -0.1) is 0 Å². The van der Waals surface area contributed by atoms with E-state index in [0.717, 1.165) is 12.0 Å². The standard InChI is InChI=1S/C18H21NO5S/c19-18(25(21,22)23,15-4-2-1-3-5-15)16-8-6-13(7-9-16)14-10-11-24-17(20)12-14/h1-9,14,17,20H,10-12,19H2,(H,21,22,23). The summed E-state index contributed by atoms with van der Waals surface area (Å²) in [5.41, 5.74) is 7.70. The fraction of sp³-hybridized carbons (Fsp3) is 0.333. The highest BCUT2D eigenvalue weighted by molar-refractivity contribution is 7.87. The molecule has 25 heavy (non-hydrogen) atoms. The first-order valence-electron chi connectivity index (χ1n) is 8.04. The van der Waals surface area contributed by atoms with E-state index in [9.17, 15) is 18.1 Å². The van der Waals surface area contributed by atoms with E-state index in [-0.39, 0.29) is 17.0 Å². The van der Waals surface area contributed by atoms with Gasteiger partial charge in [-0.25, -0.2) is 0 Å². The van der Waals surface area contributed by atoms with E-state index >= 15 is 0 Å². The van der Waals surface area contributed by atoms with Crippen molar-refractivity contribution in [1.82, 2.24) is 0 Å². The first-order chi connectivity index (χ1) is 11.8. The van der Waals surface area contributed by atoms with Crippen LogP contribution < -0.4 is 5.73 Å². The van der Waals surface area contributed by atoms with Gasteiger partial charge in [0.15, 0.2) is 11.2 Å². The van der Waals surface area contributed by atoms with Gasteiger partial charge in [0.25, 0.3) is 10.1 Å². The molecule has 2 aromatic carbocycles. The molecule has 2 aromatic rings. The largest absolute Gasteiger partial charge is 0.368 e. The van der Waals surface area contributed by atoms with Gasteiger partial charge in [-0.05, 0) is 29.0 Å². The van der Waals surface area contributed by atoms with Crippen molar-refractivity contribution in [2.75, 3.05) is 6.61 Å². The van der Waals surface area contributed by atoms with Gasteiger partial charge in [0, 0.05) is 6.42 Å². The van der Waals surface area contributed by atoms with Gasteiger partial charge in [0.1, 0.15) is 0 Å². The highest BCUT2D eigenvalue weighted by Gasteiger charge is 2.42. The van der Waals surface area contributed by atoms with E-state index < -0.39 is 21.3 Å². The molecule has 3 atom stereocenters. The normalized spacial score (nSPS) is 23.8. The molecule has 4 N–H and O–H groups in total. The van der Waals surface area contributed by atoms with Crippen LogP contribution in [0.2, 0.25) is 0 Å². The van der Waals surface area contributed by atoms with Crippen molar-refractivity contribution in [2.45, 2.75) is 29.9 Å². The molecule has 0 radical (unpaired) electrons. The van der Waals surface area contributed by atoms with E-state index in [1.807, 2.05) is 0 Å². The first kappa shape index (κ1) is 18.0. The maximum absolute atomic E-state index is 12.1. The lowest BCUT2D eigenvalue weighted by Crippen LogP contribution is -2.45. The number of aliphatic hydroxyl groups excluding tert-OH is 1. The summed E-state index contributed by atoms with van der Waals surface area (Å²) in [6, 6.07) is 15.0. The third-order valence-corrected chi connectivity index (χ3v) is 5.97. The molecule has 6 nitrogen and oxygen atoms in total. The van der Waals surface area contributed by atoms with Gasteiger partial charge in [-0.2, -0.15) is 8.42 Å². The van der Waals surface area contributed by atoms with Crippen molar-refractivity contribution in [2.24, 2.45) is 5.73 Å². The quantitative estimate of drug-likeness (QED) is 0.716. The van der Waals surface area contributed by atoms with Crippen molar-refractivity contribution in [3.8, 4) is 0 Å². The van der Waals surface area contributed by atoms with Gasteiger partial charge in [-0.1, -0.05) is 54.6 Å². The molecule has 3 unspecified atom stereocenters. The number of hydrogen-bond donors (Lipinski definition) is 3. The summed E-state index contributed by atoms with van der Waals surface area (Å²) in [6.45, 7) is 0.476. The Morgan fingerprint density at radius 3 is 2.20 bits per heavy atom. The van der Waals surface area contributed by atoms with Crippen molar-refractivity contribution in [3.05, 3.63) is 71.3 Å². The van der Waals surface area contributed by atoms with Crippen molar-refractivity contribution in [1.29, 1.82) is 0 Å². The topological polar surface area (TPSA) is 110 Å². The summed E-state index contributed by atoms with van der Waals surface area (Å²) in [7, 11) is -4.60. The van der Waals surface area contributed by atoms with Crippen LogP contribution in [0.5, 0.6) is 0 Å². The fourth-order valence-corrected chi connectivity index (χ4v) is 4.10. The molecule has 0 spiro atoms. The van der Waals surface area contributed by atoms with E-state index in [4.69, 9.17) is 10.5 Å². The third kappa shape index (κ3) is 3.47. The third-order valence-electron chi connectivity index (χ3n) is 4.68. The van der Waals surface area contributed by atoms with Crippen LogP contribution in [0.3, 0.4) is 0 Å². The first-order valence-corrected chi connectivity index (χ1v) is 9.48. The van der Waals surface area contributed by atoms with Gasteiger partial charge in [0.2, 0.25) is 0 Å². The number of ether oxygens (including phenoxy) is 1. The Labute approximate surface area is 147 Å². The number of rotatable bonds is 4. The van der Waals surface area contributed by atoms with E-state index in [2.05, 4.69) is 0 Å². The monoisotopic (exact) mass is 363 g/mol. The average Bonchev–Trinajstić information content (AvgIpc) is 2.61. The lowest BCUT2D eigenvalue weighted by molar-refractivity contribution is -0.129. The summed E-state index contributed by atoms with van der Waals surface area (Å²) in [5, 5.41) is 9.63. The molecule has 134 valence electrons. The number of nitrogens with two attached hydrogens (primary N) is 1. The Kier molecular flexibility index (Phi) is 4.95. The molecule has 1 aliphatic heterocycles. The summed E-state index contributed by atoms with van der Waals surface area (Å²) < 4.78 is 39.1. The minimum Gasteiger partial charge on any atom is -0.368 e. The lowest BCUT2D eigenvalue weighted by Gasteiger charge is -2.29. The molecule has 1 heterocycles. The predicted octanol–water partition coefficient (Wildman–Crippen LogP) is 1.95. The van der Waals surface area contributed by atoms with Gasteiger partial charge < -0.3 is 15.6 Å². The molecule has 1 saturated heterocycles. The summed E-state index contributed by atoms with van der Waals surface area (Å²) in [6.07, 6.45) is 0.486. The number of hydrogen-bond acceptors (Lipinski definition) is 5. The van der Waals surface area contributed by atoms with Gasteiger partial charge in [-0.3, -0.25) is 4.55 Å². The van der Waals surface area contributed by atoms with Crippen molar-refractivity contribution >= 4 is 10.1 Å².